The third-order valence-electron chi connectivity index (χ3n) is 3.96. The van der Waals surface area contributed by atoms with Crippen LogP contribution in [0, 0.1) is 0 Å². The standard InChI is InChI=1S/C19H22N6O/c1-24(17-11-6-3-7-12-17)14-8-13-20-18(26)15-25-22-19(21-23-25)16-9-4-2-5-10-16/h2-7,9-12H,8,13-15H2,1H3,(H,20,26). The predicted molar refractivity (Wildman–Crippen MR) is 101 cm³/mol. The van der Waals surface area contributed by atoms with Crippen molar-refractivity contribution in [1.29, 1.82) is 0 Å². The quantitative estimate of drug-likeness (QED) is 0.629. The summed E-state index contributed by atoms with van der Waals surface area (Å²) in [4.78, 5) is 15.5. The number of amides is 1. The van der Waals surface area contributed by atoms with Gasteiger partial charge in [0.1, 0.15) is 6.54 Å². The van der Waals surface area contributed by atoms with Crippen molar-refractivity contribution < 1.29 is 4.79 Å². The number of nitrogens with zero attached hydrogens (tertiary/aromatic N) is 5. The molecule has 0 unspecified atom stereocenters. The van der Waals surface area contributed by atoms with E-state index < -0.39 is 0 Å². The van der Waals surface area contributed by atoms with E-state index in [-0.39, 0.29) is 12.5 Å². The molecule has 26 heavy (non-hydrogen) atoms. The zero-order valence-electron chi connectivity index (χ0n) is 14.7. The molecule has 0 fully saturated rings. The van der Waals surface area contributed by atoms with Gasteiger partial charge in [-0.15, -0.1) is 10.2 Å². The molecule has 0 atom stereocenters. The lowest BCUT2D eigenvalue weighted by molar-refractivity contribution is -0.122. The highest BCUT2D eigenvalue weighted by Crippen LogP contribution is 2.12. The van der Waals surface area contributed by atoms with Crippen molar-refractivity contribution in [2.24, 2.45) is 0 Å². The molecule has 134 valence electrons. The molecule has 7 heteroatoms. The number of hydrogen-bond donors (Lipinski definition) is 1. The maximum Gasteiger partial charge on any atom is 0.243 e. The van der Waals surface area contributed by atoms with Gasteiger partial charge in [-0.3, -0.25) is 4.79 Å². The summed E-state index contributed by atoms with van der Waals surface area (Å²) in [6.45, 7) is 1.54. The highest BCUT2D eigenvalue weighted by atomic mass is 16.2. The Morgan fingerprint density at radius 2 is 1.77 bits per heavy atom. The number of hydrogen-bond acceptors (Lipinski definition) is 5. The smallest absolute Gasteiger partial charge is 0.243 e. The van der Waals surface area contributed by atoms with Crippen LogP contribution in [-0.4, -0.2) is 46.3 Å². The topological polar surface area (TPSA) is 75.9 Å². The second-order valence-corrected chi connectivity index (χ2v) is 5.97. The van der Waals surface area contributed by atoms with E-state index in [2.05, 4.69) is 37.8 Å². The monoisotopic (exact) mass is 350 g/mol. The lowest BCUT2D eigenvalue weighted by atomic mass is 10.2. The summed E-state index contributed by atoms with van der Waals surface area (Å²) in [5, 5.41) is 15.1. The van der Waals surface area contributed by atoms with E-state index in [0.29, 0.717) is 12.4 Å². The molecule has 0 aliphatic carbocycles. The molecule has 1 aromatic heterocycles. The zero-order valence-corrected chi connectivity index (χ0v) is 14.7. The molecular weight excluding hydrogens is 328 g/mol. The fraction of sp³-hybridized carbons (Fsp3) is 0.263. The van der Waals surface area contributed by atoms with Gasteiger partial charge >= 0.3 is 0 Å². The number of para-hydroxylation sites is 1. The van der Waals surface area contributed by atoms with Gasteiger partial charge in [0.05, 0.1) is 0 Å². The summed E-state index contributed by atoms with van der Waals surface area (Å²) < 4.78 is 0. The third-order valence-corrected chi connectivity index (χ3v) is 3.96. The van der Waals surface area contributed by atoms with Crippen LogP contribution in [0.2, 0.25) is 0 Å². The normalized spacial score (nSPS) is 10.5. The number of rotatable bonds is 8. The van der Waals surface area contributed by atoms with Gasteiger partial charge in [0.2, 0.25) is 11.7 Å². The number of benzene rings is 2. The lowest BCUT2D eigenvalue weighted by Gasteiger charge is -2.19. The molecule has 1 N–H and O–H groups in total. The lowest BCUT2D eigenvalue weighted by Crippen LogP contribution is -2.31. The van der Waals surface area contributed by atoms with E-state index in [1.54, 1.807) is 0 Å². The summed E-state index contributed by atoms with van der Waals surface area (Å²) in [7, 11) is 2.04. The van der Waals surface area contributed by atoms with E-state index in [1.165, 1.54) is 10.5 Å². The Bertz CT molecular complexity index is 818. The molecule has 0 saturated carbocycles. The fourth-order valence-corrected chi connectivity index (χ4v) is 2.55. The van der Waals surface area contributed by atoms with Crippen LogP contribution >= 0.6 is 0 Å². The van der Waals surface area contributed by atoms with Crippen LogP contribution in [0.1, 0.15) is 6.42 Å². The SMILES string of the molecule is CN(CCCNC(=O)Cn1nnc(-c2ccccc2)n1)c1ccccc1. The number of carbonyl (C=O) groups is 1. The van der Waals surface area contributed by atoms with Crippen LogP contribution in [0.5, 0.6) is 0 Å². The van der Waals surface area contributed by atoms with Crippen molar-refractivity contribution in [2.45, 2.75) is 13.0 Å². The number of nitrogens with one attached hydrogen (secondary N) is 1. The van der Waals surface area contributed by atoms with Crippen LogP contribution in [0.3, 0.4) is 0 Å². The van der Waals surface area contributed by atoms with Crippen molar-refractivity contribution in [3.8, 4) is 11.4 Å². The van der Waals surface area contributed by atoms with Crippen molar-refractivity contribution >= 4 is 11.6 Å². The van der Waals surface area contributed by atoms with Gasteiger partial charge in [0.15, 0.2) is 0 Å². The van der Waals surface area contributed by atoms with Gasteiger partial charge < -0.3 is 10.2 Å². The summed E-state index contributed by atoms with van der Waals surface area (Å²) in [5.41, 5.74) is 2.04. The molecule has 0 bridgehead atoms. The van der Waals surface area contributed by atoms with E-state index in [0.717, 1.165) is 18.5 Å². The Balaban J connectivity index is 1.40. The molecular formula is C19H22N6O. The Kier molecular flexibility index (Phi) is 5.92. The molecule has 3 rings (SSSR count). The molecule has 1 amide bonds. The Hall–Kier alpha value is -3.22. The maximum atomic E-state index is 12.0. The first-order chi connectivity index (χ1) is 12.7. The summed E-state index contributed by atoms with van der Waals surface area (Å²) in [6.07, 6.45) is 0.858. The Labute approximate surface area is 152 Å². The van der Waals surface area contributed by atoms with Crippen molar-refractivity contribution in [2.75, 3.05) is 25.0 Å². The van der Waals surface area contributed by atoms with E-state index in [9.17, 15) is 4.79 Å². The molecule has 0 saturated heterocycles. The maximum absolute atomic E-state index is 12.0. The van der Waals surface area contributed by atoms with Gasteiger partial charge in [0.25, 0.3) is 0 Å². The largest absolute Gasteiger partial charge is 0.375 e. The average Bonchev–Trinajstić information content (AvgIpc) is 3.15. The van der Waals surface area contributed by atoms with Gasteiger partial charge in [0, 0.05) is 31.4 Å². The minimum atomic E-state index is -0.121. The summed E-state index contributed by atoms with van der Waals surface area (Å²) >= 11 is 0. The summed E-state index contributed by atoms with van der Waals surface area (Å²) in [6, 6.07) is 19.7. The number of tetrazole rings is 1. The highest BCUT2D eigenvalue weighted by Gasteiger charge is 2.09. The van der Waals surface area contributed by atoms with Gasteiger partial charge in [-0.05, 0) is 23.8 Å². The van der Waals surface area contributed by atoms with Gasteiger partial charge in [-0.25, -0.2) is 0 Å². The molecule has 7 nitrogen and oxygen atoms in total. The number of aromatic nitrogens is 4. The average molecular weight is 350 g/mol. The molecule has 1 heterocycles. The molecule has 0 aliphatic heterocycles. The van der Waals surface area contributed by atoms with Crippen molar-refractivity contribution in [1.82, 2.24) is 25.5 Å². The summed E-state index contributed by atoms with van der Waals surface area (Å²) in [5.74, 6) is 0.396. The zero-order chi connectivity index (χ0) is 18.2. The Morgan fingerprint density at radius 1 is 1.08 bits per heavy atom. The van der Waals surface area contributed by atoms with E-state index in [1.807, 2.05) is 55.6 Å². The number of anilines is 1. The van der Waals surface area contributed by atoms with Crippen LogP contribution in [0.15, 0.2) is 60.7 Å². The molecule has 0 aliphatic rings. The van der Waals surface area contributed by atoms with Gasteiger partial charge in [-0.2, -0.15) is 4.80 Å². The Morgan fingerprint density at radius 3 is 2.50 bits per heavy atom. The van der Waals surface area contributed by atoms with E-state index >= 15 is 0 Å². The van der Waals surface area contributed by atoms with Crippen LogP contribution in [0.4, 0.5) is 5.69 Å². The fourth-order valence-electron chi connectivity index (χ4n) is 2.55. The van der Waals surface area contributed by atoms with Crippen molar-refractivity contribution in [3.63, 3.8) is 0 Å². The number of carbonyl (C=O) groups excluding carboxylic acids is 1. The highest BCUT2D eigenvalue weighted by molar-refractivity contribution is 5.75. The first-order valence-electron chi connectivity index (χ1n) is 8.58. The first-order valence-corrected chi connectivity index (χ1v) is 8.58. The second kappa shape index (κ2) is 8.75. The first kappa shape index (κ1) is 17.6. The van der Waals surface area contributed by atoms with Crippen LogP contribution < -0.4 is 10.2 Å². The molecule has 0 radical (unpaired) electrons. The van der Waals surface area contributed by atoms with Crippen molar-refractivity contribution in [3.05, 3.63) is 60.7 Å². The van der Waals surface area contributed by atoms with Crippen LogP contribution in [-0.2, 0) is 11.3 Å². The van der Waals surface area contributed by atoms with Gasteiger partial charge in [-0.1, -0.05) is 48.5 Å². The third kappa shape index (κ3) is 4.89. The van der Waals surface area contributed by atoms with E-state index in [4.69, 9.17) is 0 Å². The molecule has 3 aromatic rings. The minimum Gasteiger partial charge on any atom is -0.375 e. The predicted octanol–water partition coefficient (Wildman–Crippen LogP) is 1.98. The molecule has 0 spiro atoms. The van der Waals surface area contributed by atoms with Crippen LogP contribution in [0.25, 0.3) is 11.4 Å². The second-order valence-electron chi connectivity index (χ2n) is 5.97. The minimum absolute atomic E-state index is 0.0638. The molecule has 2 aromatic carbocycles.